The second-order valence-corrected chi connectivity index (χ2v) is 10.0. The van der Waals surface area contributed by atoms with Crippen molar-refractivity contribution in [3.8, 4) is 0 Å². The molecule has 0 radical (unpaired) electrons. The first-order valence-corrected chi connectivity index (χ1v) is 11.3. The van der Waals surface area contributed by atoms with Gasteiger partial charge in [0.25, 0.3) is 0 Å². The molecule has 0 aliphatic heterocycles. The molecule has 1 aliphatic carbocycles. The van der Waals surface area contributed by atoms with Crippen molar-refractivity contribution in [2.75, 3.05) is 5.32 Å². The molecule has 0 spiro atoms. The maximum absolute atomic E-state index is 12.6. The number of rotatable bonds is 6. The third-order valence-electron chi connectivity index (χ3n) is 5.47. The fourth-order valence-corrected chi connectivity index (χ4v) is 5.34. The van der Waals surface area contributed by atoms with Crippen molar-refractivity contribution in [3.63, 3.8) is 0 Å². The van der Waals surface area contributed by atoms with Gasteiger partial charge in [-0.05, 0) is 43.7 Å². The van der Waals surface area contributed by atoms with E-state index in [1.165, 1.54) is 35.9 Å². The summed E-state index contributed by atoms with van der Waals surface area (Å²) in [7, 11) is 0. The summed E-state index contributed by atoms with van der Waals surface area (Å²) >= 11 is 2.95. The molecule has 0 bridgehead atoms. The quantitative estimate of drug-likeness (QED) is 0.662. The molecule has 1 fully saturated rings. The van der Waals surface area contributed by atoms with Crippen LogP contribution in [-0.2, 0) is 4.79 Å². The van der Waals surface area contributed by atoms with Crippen molar-refractivity contribution in [3.05, 3.63) is 29.8 Å². The van der Waals surface area contributed by atoms with Gasteiger partial charge in [-0.15, -0.1) is 10.2 Å². The third kappa shape index (κ3) is 5.23. The van der Waals surface area contributed by atoms with Crippen LogP contribution in [0.15, 0.2) is 28.6 Å². The molecule has 4 atom stereocenters. The Balaban J connectivity index is 1.55. The standard InChI is InChI=1S/C20H28N4OS2/c1-12-9-7-11-17(14(12)3)21-18(25)15(4)26-20-24-23-19(27-20)22-16-10-6-5-8-13(16)2/h5-6,8,10,12,14-15,17H,7,9,11H2,1-4H3,(H,21,25)(H,22,23)/t12-,14-,15+,17-/m0/s1. The maximum Gasteiger partial charge on any atom is 0.233 e. The molecule has 0 unspecified atom stereocenters. The topological polar surface area (TPSA) is 66.9 Å². The molecule has 1 saturated carbocycles. The molecule has 1 heterocycles. The molecule has 7 heteroatoms. The smallest absolute Gasteiger partial charge is 0.233 e. The SMILES string of the molecule is Cc1ccccc1Nc1nnc(S[C@H](C)C(=O)N[C@H]2CCC[C@H](C)[C@@H]2C)s1. The number of hydrogen-bond acceptors (Lipinski definition) is 6. The number of carbonyl (C=O) groups is 1. The molecule has 1 aliphatic rings. The van der Waals surface area contributed by atoms with Gasteiger partial charge in [-0.2, -0.15) is 0 Å². The Kier molecular flexibility index (Phi) is 6.76. The predicted octanol–water partition coefficient (Wildman–Crippen LogP) is 5.01. The number of anilines is 2. The highest BCUT2D eigenvalue weighted by molar-refractivity contribution is 8.02. The second-order valence-electron chi connectivity index (χ2n) is 7.46. The number of aryl methyl sites for hydroxylation is 1. The fraction of sp³-hybridized carbons (Fsp3) is 0.550. The lowest BCUT2D eigenvalue weighted by Gasteiger charge is -2.35. The van der Waals surface area contributed by atoms with Crippen molar-refractivity contribution in [2.45, 2.75) is 62.6 Å². The van der Waals surface area contributed by atoms with Crippen molar-refractivity contribution in [1.29, 1.82) is 0 Å². The van der Waals surface area contributed by atoms with Crippen molar-refractivity contribution >= 4 is 39.8 Å². The number of amides is 1. The van der Waals surface area contributed by atoms with E-state index in [-0.39, 0.29) is 17.2 Å². The molecule has 146 valence electrons. The van der Waals surface area contributed by atoms with E-state index in [1.54, 1.807) is 0 Å². The van der Waals surface area contributed by atoms with Crippen LogP contribution in [0.4, 0.5) is 10.8 Å². The van der Waals surface area contributed by atoms with E-state index < -0.39 is 0 Å². The molecule has 2 N–H and O–H groups in total. The van der Waals surface area contributed by atoms with Crippen LogP contribution in [0.1, 0.15) is 45.6 Å². The van der Waals surface area contributed by atoms with Crippen LogP contribution in [0.5, 0.6) is 0 Å². The van der Waals surface area contributed by atoms with Crippen LogP contribution in [-0.4, -0.2) is 27.4 Å². The lowest BCUT2D eigenvalue weighted by Crippen LogP contribution is -2.46. The summed E-state index contributed by atoms with van der Waals surface area (Å²) in [5, 5.41) is 15.5. The normalized spacial score (nSPS) is 23.6. The average Bonchev–Trinajstić information content (AvgIpc) is 3.08. The van der Waals surface area contributed by atoms with Crippen LogP contribution < -0.4 is 10.6 Å². The summed E-state index contributed by atoms with van der Waals surface area (Å²) in [5.74, 6) is 1.30. The molecule has 27 heavy (non-hydrogen) atoms. The molecule has 0 saturated heterocycles. The van der Waals surface area contributed by atoms with E-state index in [9.17, 15) is 4.79 Å². The van der Waals surface area contributed by atoms with Gasteiger partial charge in [0.2, 0.25) is 11.0 Å². The molecule has 5 nitrogen and oxygen atoms in total. The number of thioether (sulfide) groups is 1. The van der Waals surface area contributed by atoms with E-state index in [1.807, 2.05) is 25.1 Å². The monoisotopic (exact) mass is 404 g/mol. The zero-order valence-corrected chi connectivity index (χ0v) is 18.0. The van der Waals surface area contributed by atoms with Gasteiger partial charge >= 0.3 is 0 Å². The van der Waals surface area contributed by atoms with Gasteiger partial charge in [0.15, 0.2) is 4.34 Å². The Hall–Kier alpha value is -1.60. The first-order valence-electron chi connectivity index (χ1n) is 9.57. The summed E-state index contributed by atoms with van der Waals surface area (Å²) < 4.78 is 0.804. The van der Waals surface area contributed by atoms with Crippen molar-refractivity contribution in [2.24, 2.45) is 11.8 Å². The van der Waals surface area contributed by atoms with Crippen LogP contribution in [0, 0.1) is 18.8 Å². The zero-order valence-electron chi connectivity index (χ0n) is 16.4. The number of para-hydroxylation sites is 1. The number of benzene rings is 1. The van der Waals surface area contributed by atoms with Gasteiger partial charge in [0, 0.05) is 11.7 Å². The van der Waals surface area contributed by atoms with Gasteiger partial charge in [-0.25, -0.2) is 0 Å². The average molecular weight is 405 g/mol. The summed E-state index contributed by atoms with van der Waals surface area (Å²) in [4.78, 5) is 12.6. The Morgan fingerprint density at radius 2 is 2.04 bits per heavy atom. The number of carbonyl (C=O) groups excluding carboxylic acids is 1. The number of nitrogens with zero attached hydrogens (tertiary/aromatic N) is 2. The Labute approximate surface area is 169 Å². The van der Waals surface area contributed by atoms with E-state index in [4.69, 9.17) is 0 Å². The molecule has 1 aromatic heterocycles. The highest BCUT2D eigenvalue weighted by Gasteiger charge is 2.29. The summed E-state index contributed by atoms with van der Waals surface area (Å²) in [6.45, 7) is 8.53. The Morgan fingerprint density at radius 1 is 1.26 bits per heavy atom. The summed E-state index contributed by atoms with van der Waals surface area (Å²) in [5.41, 5.74) is 2.18. The predicted molar refractivity (Wildman–Crippen MR) is 114 cm³/mol. The minimum Gasteiger partial charge on any atom is -0.352 e. The van der Waals surface area contributed by atoms with E-state index in [0.29, 0.717) is 11.8 Å². The van der Waals surface area contributed by atoms with Crippen molar-refractivity contribution in [1.82, 2.24) is 15.5 Å². The lowest BCUT2D eigenvalue weighted by molar-refractivity contribution is -0.121. The molecular weight excluding hydrogens is 376 g/mol. The van der Waals surface area contributed by atoms with Gasteiger partial charge in [0.1, 0.15) is 0 Å². The number of nitrogens with one attached hydrogen (secondary N) is 2. The molecular formula is C20H28N4OS2. The maximum atomic E-state index is 12.6. The first-order chi connectivity index (χ1) is 12.9. The minimum absolute atomic E-state index is 0.0922. The third-order valence-corrected chi connectivity index (χ3v) is 7.50. The Morgan fingerprint density at radius 3 is 2.81 bits per heavy atom. The molecule has 1 amide bonds. The van der Waals surface area contributed by atoms with Gasteiger partial charge in [-0.1, -0.05) is 68.0 Å². The number of aromatic nitrogens is 2. The highest BCUT2D eigenvalue weighted by Crippen LogP contribution is 2.32. The van der Waals surface area contributed by atoms with E-state index >= 15 is 0 Å². The lowest BCUT2D eigenvalue weighted by atomic mass is 9.78. The highest BCUT2D eigenvalue weighted by atomic mass is 32.2. The van der Waals surface area contributed by atoms with Gasteiger partial charge in [0.05, 0.1) is 5.25 Å². The fourth-order valence-electron chi connectivity index (χ4n) is 3.43. The molecule has 2 aromatic rings. The van der Waals surface area contributed by atoms with E-state index in [2.05, 4.69) is 47.7 Å². The van der Waals surface area contributed by atoms with Crippen molar-refractivity contribution < 1.29 is 4.79 Å². The van der Waals surface area contributed by atoms with Crippen LogP contribution >= 0.6 is 23.1 Å². The van der Waals surface area contributed by atoms with Crippen LogP contribution in [0.3, 0.4) is 0 Å². The molecule has 1 aromatic carbocycles. The van der Waals surface area contributed by atoms with E-state index in [0.717, 1.165) is 27.1 Å². The zero-order chi connectivity index (χ0) is 19.4. The number of hydrogen-bond donors (Lipinski definition) is 2. The van der Waals surface area contributed by atoms with Gasteiger partial charge in [-0.3, -0.25) is 4.79 Å². The molecule has 3 rings (SSSR count). The largest absolute Gasteiger partial charge is 0.352 e. The van der Waals surface area contributed by atoms with Crippen LogP contribution in [0.2, 0.25) is 0 Å². The van der Waals surface area contributed by atoms with Crippen LogP contribution in [0.25, 0.3) is 0 Å². The van der Waals surface area contributed by atoms with Gasteiger partial charge < -0.3 is 10.6 Å². The Bertz CT molecular complexity index is 779. The summed E-state index contributed by atoms with van der Waals surface area (Å²) in [6.07, 6.45) is 3.54. The summed E-state index contributed by atoms with van der Waals surface area (Å²) in [6, 6.07) is 8.36. The minimum atomic E-state index is -0.186. The second kappa shape index (κ2) is 9.06. The first kappa shape index (κ1) is 20.1.